The fraction of sp³-hybridized carbons (Fsp3) is 0.0625. The van der Waals surface area contributed by atoms with E-state index in [0.29, 0.717) is 22.5 Å². The van der Waals surface area contributed by atoms with E-state index in [0.717, 1.165) is 0 Å². The third kappa shape index (κ3) is 2.18. The minimum atomic E-state index is -0.539. The van der Waals surface area contributed by atoms with Crippen LogP contribution in [0.25, 0.3) is 22.4 Å². The second-order valence-corrected chi connectivity index (χ2v) is 4.96. The molecule has 0 radical (unpaired) electrons. The summed E-state index contributed by atoms with van der Waals surface area (Å²) in [6.45, 7) is 0.174. The van der Waals surface area contributed by atoms with Gasteiger partial charge in [-0.3, -0.25) is 14.3 Å². The van der Waals surface area contributed by atoms with Crippen LogP contribution in [0.1, 0.15) is 5.76 Å². The monoisotopic (exact) mass is 309 g/mol. The summed E-state index contributed by atoms with van der Waals surface area (Å²) in [5.41, 5.74) is -0.179. The molecular weight excluding hydrogens is 298 g/mol. The summed E-state index contributed by atoms with van der Waals surface area (Å²) in [6.07, 6.45) is 4.59. The van der Waals surface area contributed by atoms with E-state index in [1.165, 1.54) is 23.3 Å². The molecule has 0 bridgehead atoms. The predicted molar refractivity (Wildman–Crippen MR) is 82.1 cm³/mol. The van der Waals surface area contributed by atoms with Gasteiger partial charge in [0.15, 0.2) is 5.65 Å². The molecule has 1 N–H and O–H groups in total. The van der Waals surface area contributed by atoms with E-state index in [4.69, 9.17) is 8.83 Å². The molecule has 0 spiro atoms. The Hall–Kier alpha value is -3.35. The van der Waals surface area contributed by atoms with E-state index >= 15 is 0 Å². The molecule has 4 rings (SSSR count). The van der Waals surface area contributed by atoms with Gasteiger partial charge >= 0.3 is 5.69 Å². The van der Waals surface area contributed by atoms with Crippen LogP contribution in [0.3, 0.4) is 0 Å². The zero-order valence-electron chi connectivity index (χ0n) is 11.9. The molecule has 0 amide bonds. The fourth-order valence-corrected chi connectivity index (χ4v) is 2.54. The number of aromatic amines is 1. The second-order valence-electron chi connectivity index (χ2n) is 4.96. The normalized spacial score (nSPS) is 11.1. The summed E-state index contributed by atoms with van der Waals surface area (Å²) >= 11 is 0. The van der Waals surface area contributed by atoms with Gasteiger partial charge in [-0.1, -0.05) is 0 Å². The average molecular weight is 309 g/mol. The maximum atomic E-state index is 12.3. The Labute approximate surface area is 128 Å². The van der Waals surface area contributed by atoms with Gasteiger partial charge in [0.25, 0.3) is 5.56 Å². The zero-order valence-corrected chi connectivity index (χ0v) is 11.9. The van der Waals surface area contributed by atoms with Gasteiger partial charge in [0.1, 0.15) is 11.5 Å². The number of aromatic nitrogens is 3. The van der Waals surface area contributed by atoms with Gasteiger partial charge in [-0.2, -0.15) is 0 Å². The minimum absolute atomic E-state index is 0.174. The van der Waals surface area contributed by atoms with Crippen molar-refractivity contribution < 1.29 is 8.83 Å². The number of fused-ring (bicyclic) bond motifs is 1. The molecule has 0 fully saturated rings. The highest BCUT2D eigenvalue weighted by molar-refractivity contribution is 5.90. The van der Waals surface area contributed by atoms with Crippen LogP contribution in [-0.4, -0.2) is 14.5 Å². The fourth-order valence-electron chi connectivity index (χ4n) is 2.54. The Balaban J connectivity index is 2.03. The van der Waals surface area contributed by atoms with Crippen LogP contribution in [0.2, 0.25) is 0 Å². The average Bonchev–Trinajstić information content (AvgIpc) is 3.24. The number of hydrogen-bond donors (Lipinski definition) is 1. The third-order valence-electron chi connectivity index (χ3n) is 3.56. The Morgan fingerprint density at radius 3 is 2.65 bits per heavy atom. The van der Waals surface area contributed by atoms with Crippen LogP contribution >= 0.6 is 0 Å². The third-order valence-corrected chi connectivity index (χ3v) is 3.56. The van der Waals surface area contributed by atoms with Crippen molar-refractivity contribution in [2.24, 2.45) is 0 Å². The van der Waals surface area contributed by atoms with Crippen LogP contribution in [0, 0.1) is 0 Å². The molecule has 0 aliphatic rings. The molecule has 4 aromatic heterocycles. The van der Waals surface area contributed by atoms with Crippen LogP contribution in [-0.2, 0) is 6.54 Å². The van der Waals surface area contributed by atoms with Crippen molar-refractivity contribution in [2.45, 2.75) is 6.54 Å². The van der Waals surface area contributed by atoms with Crippen molar-refractivity contribution in [3.63, 3.8) is 0 Å². The molecule has 0 aliphatic heterocycles. The number of nitrogens with zero attached hydrogens (tertiary/aromatic N) is 2. The van der Waals surface area contributed by atoms with E-state index in [2.05, 4.69) is 9.97 Å². The van der Waals surface area contributed by atoms with Crippen molar-refractivity contribution in [3.05, 3.63) is 75.7 Å². The molecule has 4 heterocycles. The van der Waals surface area contributed by atoms with Crippen molar-refractivity contribution in [3.8, 4) is 11.3 Å². The van der Waals surface area contributed by atoms with Gasteiger partial charge in [0.05, 0.1) is 24.5 Å². The topological polar surface area (TPSA) is 94.0 Å². The summed E-state index contributed by atoms with van der Waals surface area (Å²) < 4.78 is 12.0. The summed E-state index contributed by atoms with van der Waals surface area (Å²) in [6, 6.07) is 8.64. The first-order chi connectivity index (χ1) is 11.2. The Kier molecular flexibility index (Phi) is 2.97. The van der Waals surface area contributed by atoms with E-state index in [9.17, 15) is 9.59 Å². The number of rotatable bonds is 3. The van der Waals surface area contributed by atoms with Crippen molar-refractivity contribution in [1.82, 2.24) is 14.5 Å². The van der Waals surface area contributed by atoms with Gasteiger partial charge < -0.3 is 8.83 Å². The largest absolute Gasteiger partial charge is 0.467 e. The van der Waals surface area contributed by atoms with E-state index < -0.39 is 11.2 Å². The number of hydrogen-bond acceptors (Lipinski definition) is 5. The number of furan rings is 2. The van der Waals surface area contributed by atoms with E-state index in [1.54, 1.807) is 30.3 Å². The highest BCUT2D eigenvalue weighted by atomic mass is 16.3. The molecule has 0 saturated heterocycles. The van der Waals surface area contributed by atoms with Crippen LogP contribution in [0.5, 0.6) is 0 Å². The predicted octanol–water partition coefficient (Wildman–Crippen LogP) is 1.99. The van der Waals surface area contributed by atoms with Gasteiger partial charge in [0.2, 0.25) is 0 Å². The maximum Gasteiger partial charge on any atom is 0.330 e. The first-order valence-electron chi connectivity index (χ1n) is 6.92. The first kappa shape index (κ1) is 13.3. The van der Waals surface area contributed by atoms with E-state index in [1.807, 2.05) is 0 Å². The molecule has 0 aliphatic carbocycles. The van der Waals surface area contributed by atoms with Gasteiger partial charge in [0, 0.05) is 11.8 Å². The molecular formula is C16H11N3O4. The quantitative estimate of drug-likeness (QED) is 0.624. The Morgan fingerprint density at radius 2 is 1.91 bits per heavy atom. The Bertz CT molecular complexity index is 1070. The summed E-state index contributed by atoms with van der Waals surface area (Å²) in [7, 11) is 0. The lowest BCUT2D eigenvalue weighted by molar-refractivity contribution is 0.490. The second kappa shape index (κ2) is 5.13. The molecule has 0 atom stereocenters. The smallest absolute Gasteiger partial charge is 0.330 e. The molecule has 23 heavy (non-hydrogen) atoms. The van der Waals surface area contributed by atoms with Gasteiger partial charge in [-0.15, -0.1) is 0 Å². The summed E-state index contributed by atoms with van der Waals surface area (Å²) in [5.74, 6) is 1.12. The number of nitrogens with one attached hydrogen (secondary N) is 1. The minimum Gasteiger partial charge on any atom is -0.467 e. The molecule has 0 aromatic carbocycles. The number of H-pyrrole nitrogens is 1. The first-order valence-corrected chi connectivity index (χ1v) is 6.92. The van der Waals surface area contributed by atoms with E-state index in [-0.39, 0.29) is 12.2 Å². The Morgan fingerprint density at radius 1 is 1.09 bits per heavy atom. The van der Waals surface area contributed by atoms with Gasteiger partial charge in [-0.05, 0) is 30.3 Å². The molecule has 7 heteroatoms. The molecule has 0 saturated carbocycles. The highest BCUT2D eigenvalue weighted by Gasteiger charge is 2.15. The van der Waals surface area contributed by atoms with Crippen molar-refractivity contribution in [2.75, 3.05) is 0 Å². The van der Waals surface area contributed by atoms with Crippen LogP contribution < -0.4 is 11.2 Å². The van der Waals surface area contributed by atoms with Crippen molar-refractivity contribution >= 4 is 11.0 Å². The molecule has 4 aromatic rings. The standard InChI is InChI=1S/C16H11N3O4/c20-15-13-11(12-4-2-8-23-12)5-6-17-14(13)19(16(21)18-15)9-10-3-1-7-22-10/h1-8H,9H2,(H,18,20,21). The lowest BCUT2D eigenvalue weighted by Gasteiger charge is -2.09. The van der Waals surface area contributed by atoms with Crippen LogP contribution in [0.15, 0.2) is 67.5 Å². The molecule has 114 valence electrons. The SMILES string of the molecule is O=c1[nH]c(=O)n(Cc2ccco2)c2nccc(-c3ccco3)c12. The summed E-state index contributed by atoms with van der Waals surface area (Å²) in [4.78, 5) is 31.0. The zero-order chi connectivity index (χ0) is 15.8. The molecule has 7 nitrogen and oxygen atoms in total. The van der Waals surface area contributed by atoms with Gasteiger partial charge in [-0.25, -0.2) is 9.78 Å². The highest BCUT2D eigenvalue weighted by Crippen LogP contribution is 2.24. The van der Waals surface area contributed by atoms with Crippen molar-refractivity contribution in [1.29, 1.82) is 0 Å². The maximum absolute atomic E-state index is 12.3. The number of pyridine rings is 1. The summed E-state index contributed by atoms with van der Waals surface area (Å²) in [5, 5.41) is 0.300. The lowest BCUT2D eigenvalue weighted by atomic mass is 10.1. The van der Waals surface area contributed by atoms with Crippen LogP contribution in [0.4, 0.5) is 0 Å². The molecule has 0 unspecified atom stereocenters. The lowest BCUT2D eigenvalue weighted by Crippen LogP contribution is -2.31.